The molecule has 0 spiro atoms. The number of benzene rings is 1. The number of aldehydes is 1. The van der Waals surface area contributed by atoms with Crippen molar-refractivity contribution in [2.45, 2.75) is 6.92 Å². The zero-order chi connectivity index (χ0) is 10.7. The van der Waals surface area contributed by atoms with Gasteiger partial charge in [-0.25, -0.2) is 0 Å². The van der Waals surface area contributed by atoms with Crippen LogP contribution >= 0.6 is 0 Å². The van der Waals surface area contributed by atoms with Crippen LogP contribution in [0.25, 0.3) is 0 Å². The Hall–Kier alpha value is -1.91. The largest absolute Gasteiger partial charge is 0.496 e. The van der Waals surface area contributed by atoms with Crippen molar-refractivity contribution >= 4 is 12.0 Å². The smallest absolute Gasteiger partial charge is 0.283 e. The summed E-state index contributed by atoms with van der Waals surface area (Å²) in [6, 6.07) is 2.92. The van der Waals surface area contributed by atoms with Crippen LogP contribution < -0.4 is 4.74 Å². The van der Waals surface area contributed by atoms with Crippen LogP contribution in [0.5, 0.6) is 5.75 Å². The second-order valence-corrected chi connectivity index (χ2v) is 2.77. The van der Waals surface area contributed by atoms with E-state index in [0.29, 0.717) is 11.8 Å². The van der Waals surface area contributed by atoms with E-state index in [9.17, 15) is 14.9 Å². The summed E-state index contributed by atoms with van der Waals surface area (Å²) in [4.78, 5) is 20.6. The highest BCUT2D eigenvalue weighted by Crippen LogP contribution is 2.28. The molecule has 0 atom stereocenters. The van der Waals surface area contributed by atoms with Gasteiger partial charge in [0, 0.05) is 6.07 Å². The lowest BCUT2D eigenvalue weighted by molar-refractivity contribution is -0.385. The molecule has 0 aliphatic heterocycles. The SMILES string of the molecule is COc1cc(C)cc([N+](=O)[O-])c1C=O. The van der Waals surface area contributed by atoms with Crippen LogP contribution in [-0.2, 0) is 0 Å². The molecule has 1 aromatic rings. The lowest BCUT2D eigenvalue weighted by Crippen LogP contribution is -1.98. The maximum Gasteiger partial charge on any atom is 0.283 e. The third-order valence-electron chi connectivity index (χ3n) is 1.80. The summed E-state index contributed by atoms with van der Waals surface area (Å²) in [5, 5.41) is 10.6. The molecule has 0 unspecified atom stereocenters. The van der Waals surface area contributed by atoms with E-state index in [-0.39, 0.29) is 17.0 Å². The first-order chi connectivity index (χ1) is 6.60. The molecule has 0 heterocycles. The second kappa shape index (κ2) is 3.87. The van der Waals surface area contributed by atoms with E-state index in [4.69, 9.17) is 4.74 Å². The number of rotatable bonds is 3. The lowest BCUT2D eigenvalue weighted by Gasteiger charge is -2.04. The van der Waals surface area contributed by atoms with Crippen LogP contribution in [0.2, 0.25) is 0 Å². The highest BCUT2D eigenvalue weighted by atomic mass is 16.6. The van der Waals surface area contributed by atoms with Gasteiger partial charge in [0.25, 0.3) is 5.69 Å². The molecule has 0 fully saturated rings. The van der Waals surface area contributed by atoms with Crippen LogP contribution in [0.3, 0.4) is 0 Å². The van der Waals surface area contributed by atoms with E-state index in [1.54, 1.807) is 13.0 Å². The third kappa shape index (κ3) is 1.71. The molecule has 74 valence electrons. The Bertz CT molecular complexity index is 387. The summed E-state index contributed by atoms with van der Waals surface area (Å²) < 4.78 is 4.87. The molecule has 0 aromatic heterocycles. The molecule has 14 heavy (non-hydrogen) atoms. The van der Waals surface area contributed by atoms with Crippen molar-refractivity contribution < 1.29 is 14.5 Å². The molecule has 1 rings (SSSR count). The van der Waals surface area contributed by atoms with E-state index in [1.165, 1.54) is 13.2 Å². The topological polar surface area (TPSA) is 69.4 Å². The van der Waals surface area contributed by atoms with Gasteiger partial charge in [-0.15, -0.1) is 0 Å². The molecule has 1 aromatic carbocycles. The standard InChI is InChI=1S/C9H9NO4/c1-6-3-8(10(12)13)7(5-11)9(4-6)14-2/h3-5H,1-2H3. The molecule has 0 aliphatic carbocycles. The monoisotopic (exact) mass is 195 g/mol. The van der Waals surface area contributed by atoms with Gasteiger partial charge in [-0.2, -0.15) is 0 Å². The van der Waals surface area contributed by atoms with Crippen molar-refractivity contribution in [1.29, 1.82) is 0 Å². The number of methoxy groups -OCH3 is 1. The first-order valence-electron chi connectivity index (χ1n) is 3.88. The molecular formula is C9H9NO4. The minimum absolute atomic E-state index is 0.0249. The van der Waals surface area contributed by atoms with E-state index in [1.807, 2.05) is 0 Å². The summed E-state index contributed by atoms with van der Waals surface area (Å²) in [6.07, 6.45) is 0.427. The van der Waals surface area contributed by atoms with Crippen LogP contribution in [0.15, 0.2) is 12.1 Å². The van der Waals surface area contributed by atoms with Gasteiger partial charge in [0.15, 0.2) is 6.29 Å². The number of carbonyl (C=O) groups is 1. The van der Waals surface area contributed by atoms with Crippen molar-refractivity contribution in [1.82, 2.24) is 0 Å². The predicted molar refractivity (Wildman–Crippen MR) is 49.8 cm³/mol. The zero-order valence-corrected chi connectivity index (χ0v) is 7.81. The zero-order valence-electron chi connectivity index (χ0n) is 7.81. The maximum absolute atomic E-state index is 10.6. The number of nitrogens with zero attached hydrogens (tertiary/aromatic N) is 1. The molecule has 0 N–H and O–H groups in total. The lowest BCUT2D eigenvalue weighted by atomic mass is 10.1. The minimum atomic E-state index is -0.598. The Morgan fingerprint density at radius 2 is 2.14 bits per heavy atom. The second-order valence-electron chi connectivity index (χ2n) is 2.77. The first kappa shape index (κ1) is 10.2. The average molecular weight is 195 g/mol. The molecule has 0 saturated carbocycles. The van der Waals surface area contributed by atoms with Crippen molar-refractivity contribution in [3.05, 3.63) is 33.4 Å². The molecule has 0 saturated heterocycles. The minimum Gasteiger partial charge on any atom is -0.496 e. The first-order valence-corrected chi connectivity index (χ1v) is 3.88. The Morgan fingerprint density at radius 3 is 2.57 bits per heavy atom. The van der Waals surface area contributed by atoms with Gasteiger partial charge in [0.05, 0.1) is 12.0 Å². The van der Waals surface area contributed by atoms with Gasteiger partial charge >= 0.3 is 0 Å². The third-order valence-corrected chi connectivity index (χ3v) is 1.80. The van der Waals surface area contributed by atoms with Crippen molar-refractivity contribution in [2.24, 2.45) is 0 Å². The van der Waals surface area contributed by atoms with Crippen LogP contribution in [0.1, 0.15) is 15.9 Å². The Kier molecular flexibility index (Phi) is 2.81. The van der Waals surface area contributed by atoms with Gasteiger partial charge in [0.2, 0.25) is 0 Å². The summed E-state index contributed by atoms with van der Waals surface area (Å²) in [7, 11) is 1.37. The number of hydrogen-bond donors (Lipinski definition) is 0. The number of hydrogen-bond acceptors (Lipinski definition) is 4. The summed E-state index contributed by atoms with van der Waals surface area (Å²) in [5.41, 5.74) is 0.430. The van der Waals surface area contributed by atoms with Gasteiger partial charge in [-0.3, -0.25) is 14.9 Å². The number of aryl methyl sites for hydroxylation is 1. The van der Waals surface area contributed by atoms with E-state index in [2.05, 4.69) is 0 Å². The molecular weight excluding hydrogens is 186 g/mol. The fourth-order valence-electron chi connectivity index (χ4n) is 1.18. The van der Waals surface area contributed by atoms with Gasteiger partial charge < -0.3 is 4.74 Å². The molecule has 0 radical (unpaired) electrons. The molecule has 5 heteroatoms. The maximum atomic E-state index is 10.6. The predicted octanol–water partition coefficient (Wildman–Crippen LogP) is 1.72. The molecule has 0 bridgehead atoms. The molecule has 0 aliphatic rings. The highest BCUT2D eigenvalue weighted by molar-refractivity contribution is 5.85. The normalized spacial score (nSPS) is 9.57. The Morgan fingerprint density at radius 1 is 1.50 bits per heavy atom. The average Bonchev–Trinajstić information content (AvgIpc) is 2.16. The Labute approximate surface area is 80.5 Å². The fraction of sp³-hybridized carbons (Fsp3) is 0.222. The van der Waals surface area contributed by atoms with E-state index >= 15 is 0 Å². The molecule has 5 nitrogen and oxygen atoms in total. The molecule has 0 amide bonds. The van der Waals surface area contributed by atoms with E-state index in [0.717, 1.165) is 0 Å². The van der Waals surface area contributed by atoms with Crippen molar-refractivity contribution in [2.75, 3.05) is 7.11 Å². The van der Waals surface area contributed by atoms with Gasteiger partial charge in [0.1, 0.15) is 11.3 Å². The van der Waals surface area contributed by atoms with Crippen LogP contribution in [0, 0.1) is 17.0 Å². The van der Waals surface area contributed by atoms with Crippen LogP contribution in [-0.4, -0.2) is 18.3 Å². The van der Waals surface area contributed by atoms with Gasteiger partial charge in [-0.05, 0) is 18.6 Å². The quantitative estimate of drug-likeness (QED) is 0.418. The fourth-order valence-corrected chi connectivity index (χ4v) is 1.18. The Balaban J connectivity index is 3.46. The highest BCUT2D eigenvalue weighted by Gasteiger charge is 2.18. The van der Waals surface area contributed by atoms with Crippen LogP contribution in [0.4, 0.5) is 5.69 Å². The summed E-state index contributed by atoms with van der Waals surface area (Å²) in [5.74, 6) is 0.228. The number of nitro benzene ring substituents is 1. The summed E-state index contributed by atoms with van der Waals surface area (Å²) in [6.45, 7) is 1.70. The number of carbonyl (C=O) groups excluding carboxylic acids is 1. The number of nitro groups is 1. The van der Waals surface area contributed by atoms with Gasteiger partial charge in [-0.1, -0.05) is 0 Å². The van der Waals surface area contributed by atoms with Crippen molar-refractivity contribution in [3.63, 3.8) is 0 Å². The van der Waals surface area contributed by atoms with E-state index < -0.39 is 4.92 Å². The summed E-state index contributed by atoms with van der Waals surface area (Å²) >= 11 is 0. The van der Waals surface area contributed by atoms with Crippen molar-refractivity contribution in [3.8, 4) is 5.75 Å². The number of ether oxygens (including phenoxy) is 1.